The number of nitrogens with zero attached hydrogens (tertiary/aromatic N) is 3. The van der Waals surface area contributed by atoms with Crippen LogP contribution in [-0.4, -0.2) is 71.9 Å². The van der Waals surface area contributed by atoms with Crippen molar-refractivity contribution < 1.29 is 14.3 Å². The van der Waals surface area contributed by atoms with Gasteiger partial charge >= 0.3 is 0 Å². The van der Waals surface area contributed by atoms with E-state index >= 15 is 0 Å². The van der Waals surface area contributed by atoms with Crippen molar-refractivity contribution in [2.45, 2.75) is 51.2 Å². The Bertz CT molecular complexity index is 899. The molecule has 9 heteroatoms. The number of carbonyl (C=O) groups is 1. The van der Waals surface area contributed by atoms with E-state index in [1.165, 1.54) is 17.7 Å². The average molecular weight is 460 g/mol. The third-order valence-corrected chi connectivity index (χ3v) is 6.42. The molecule has 3 heterocycles. The Morgan fingerprint density at radius 1 is 1.28 bits per heavy atom. The number of aromatic nitrogens is 2. The van der Waals surface area contributed by atoms with Gasteiger partial charge in [0.15, 0.2) is 5.82 Å². The molecule has 0 unspecified atom stereocenters. The fraction of sp³-hybridized carbons (Fsp3) is 0.565. The summed E-state index contributed by atoms with van der Waals surface area (Å²) in [5, 5.41) is 12.1. The molecule has 0 spiro atoms. The number of nitrogens with one attached hydrogen (secondary N) is 2. The van der Waals surface area contributed by atoms with Crippen molar-refractivity contribution in [3.63, 3.8) is 0 Å². The van der Waals surface area contributed by atoms with Crippen LogP contribution in [-0.2, 0) is 14.3 Å². The number of hydrogen-bond donors (Lipinski definition) is 2. The maximum absolute atomic E-state index is 10.8. The normalized spacial score (nSPS) is 17.2. The van der Waals surface area contributed by atoms with Gasteiger partial charge in [0.2, 0.25) is 6.41 Å². The smallest absolute Gasteiger partial charge is 0.209 e. The molecule has 2 saturated heterocycles. The van der Waals surface area contributed by atoms with E-state index < -0.39 is 0 Å². The molecule has 0 aliphatic carbocycles. The number of hydrogen-bond acceptors (Lipinski definition) is 8. The number of amides is 1. The van der Waals surface area contributed by atoms with Gasteiger partial charge in [-0.25, -0.2) is 4.98 Å². The van der Waals surface area contributed by atoms with E-state index in [9.17, 15) is 4.79 Å². The van der Waals surface area contributed by atoms with Crippen molar-refractivity contribution in [3.05, 3.63) is 28.8 Å². The van der Waals surface area contributed by atoms with Gasteiger partial charge in [0, 0.05) is 49.1 Å². The number of anilines is 1. The van der Waals surface area contributed by atoms with E-state index in [1.807, 2.05) is 43.9 Å². The van der Waals surface area contributed by atoms with Crippen LogP contribution in [0.2, 0.25) is 0 Å². The molecule has 1 aromatic carbocycles. The van der Waals surface area contributed by atoms with Gasteiger partial charge in [0.05, 0.1) is 24.9 Å². The van der Waals surface area contributed by atoms with Gasteiger partial charge in [-0.15, -0.1) is 0 Å². The molecule has 2 aromatic rings. The lowest BCUT2D eigenvalue weighted by molar-refractivity contribution is -0.119. The molecule has 2 fully saturated rings. The Morgan fingerprint density at radius 2 is 1.97 bits per heavy atom. The molecule has 174 valence electrons. The van der Waals surface area contributed by atoms with Crippen LogP contribution in [0.1, 0.15) is 50.1 Å². The van der Waals surface area contributed by atoms with Gasteiger partial charge in [-0.05, 0) is 51.2 Å². The Hall–Kier alpha value is -2.36. The molecule has 0 atom stereocenters. The van der Waals surface area contributed by atoms with Crippen LogP contribution < -0.4 is 5.32 Å². The molecule has 0 saturated carbocycles. The molecule has 32 heavy (non-hydrogen) atoms. The van der Waals surface area contributed by atoms with E-state index in [0.29, 0.717) is 25.2 Å². The molecule has 0 bridgehead atoms. The summed E-state index contributed by atoms with van der Waals surface area (Å²) in [6.45, 7) is 9.02. The van der Waals surface area contributed by atoms with Crippen molar-refractivity contribution in [1.29, 1.82) is 5.41 Å². The average Bonchev–Trinajstić information content (AvgIpc) is 3.26. The lowest BCUT2D eigenvalue weighted by atomic mass is 9.98. The zero-order valence-corrected chi connectivity index (χ0v) is 20.1. The first-order chi connectivity index (χ1) is 15.3. The van der Waals surface area contributed by atoms with Gasteiger partial charge in [-0.2, -0.15) is 4.37 Å². The zero-order valence-electron chi connectivity index (χ0n) is 19.3. The summed E-state index contributed by atoms with van der Waals surface area (Å²) in [6, 6.07) is 6.20. The van der Waals surface area contributed by atoms with Crippen LogP contribution in [0, 0.1) is 5.41 Å². The Kier molecular flexibility index (Phi) is 8.33. The minimum absolute atomic E-state index is 0.0417. The van der Waals surface area contributed by atoms with Crippen molar-refractivity contribution in [2.24, 2.45) is 0 Å². The van der Waals surface area contributed by atoms with Crippen molar-refractivity contribution in [1.82, 2.24) is 14.3 Å². The third-order valence-electron chi connectivity index (χ3n) is 5.55. The highest BCUT2D eigenvalue weighted by Gasteiger charge is 2.24. The zero-order chi connectivity index (χ0) is 23.1. The van der Waals surface area contributed by atoms with Crippen molar-refractivity contribution in [2.75, 3.05) is 38.7 Å². The lowest BCUT2D eigenvalue weighted by Crippen LogP contribution is -2.40. The van der Waals surface area contributed by atoms with Crippen LogP contribution in [0.3, 0.4) is 0 Å². The van der Waals surface area contributed by atoms with Gasteiger partial charge in [-0.3, -0.25) is 4.79 Å². The summed E-state index contributed by atoms with van der Waals surface area (Å²) >= 11 is 1.45. The van der Waals surface area contributed by atoms with Gasteiger partial charge in [-0.1, -0.05) is 12.1 Å². The van der Waals surface area contributed by atoms with E-state index in [2.05, 4.69) is 9.69 Å². The topological polar surface area (TPSA) is 100 Å². The molecule has 2 N–H and O–H groups in total. The SMILES string of the molecule is COC(C)(C)C.N=Cc1ccc(-c2nsc(C3CCN(C=O)CC3)n2)cc1NC1COC1. The van der Waals surface area contributed by atoms with E-state index in [-0.39, 0.29) is 5.60 Å². The fourth-order valence-corrected chi connectivity index (χ4v) is 4.09. The first-order valence-corrected chi connectivity index (χ1v) is 11.7. The summed E-state index contributed by atoms with van der Waals surface area (Å²) in [5.41, 5.74) is 2.75. The number of ether oxygens (including phenoxy) is 2. The highest BCUT2D eigenvalue weighted by molar-refractivity contribution is 7.05. The summed E-state index contributed by atoms with van der Waals surface area (Å²) in [7, 11) is 1.71. The highest BCUT2D eigenvalue weighted by Crippen LogP contribution is 2.32. The number of benzene rings is 1. The predicted octanol–water partition coefficient (Wildman–Crippen LogP) is 3.78. The van der Waals surface area contributed by atoms with Crippen LogP contribution in [0.5, 0.6) is 0 Å². The quantitative estimate of drug-likeness (QED) is 0.504. The number of carbonyl (C=O) groups excluding carboxylic acids is 1. The summed E-state index contributed by atoms with van der Waals surface area (Å²) in [5.74, 6) is 1.11. The largest absolute Gasteiger partial charge is 0.379 e. The molecule has 0 radical (unpaired) electrons. The Morgan fingerprint density at radius 3 is 2.50 bits per heavy atom. The molecular formula is C23H33N5O3S. The second kappa shape index (κ2) is 11.0. The Balaban J connectivity index is 0.000000427. The number of piperidine rings is 1. The summed E-state index contributed by atoms with van der Waals surface area (Å²) < 4.78 is 14.7. The minimum atomic E-state index is 0.0417. The minimum Gasteiger partial charge on any atom is -0.379 e. The monoisotopic (exact) mass is 459 g/mol. The first-order valence-electron chi connectivity index (χ1n) is 10.9. The van der Waals surface area contributed by atoms with Crippen LogP contribution in [0.25, 0.3) is 11.4 Å². The standard InChI is InChI=1S/C18H21N5O2S.C5H12O/c19-8-14-2-1-13(7-16(14)20-15-9-25-10-15)17-21-18(26-22-17)12-3-5-23(11-24)6-4-12;1-5(2,3)6-4/h1-2,7-8,11-12,15,19-20H,3-6,9-10H2;1-4H3. The molecule has 8 nitrogen and oxygen atoms in total. The first kappa shape index (κ1) is 24.3. The molecule has 1 aromatic heterocycles. The number of likely N-dealkylation sites (tertiary alicyclic amines) is 1. The number of rotatable bonds is 6. The molecule has 2 aliphatic rings. The van der Waals surface area contributed by atoms with Crippen LogP contribution in [0.15, 0.2) is 18.2 Å². The van der Waals surface area contributed by atoms with Gasteiger partial charge < -0.3 is 25.1 Å². The molecule has 1 amide bonds. The maximum Gasteiger partial charge on any atom is 0.209 e. The second-order valence-corrected chi connectivity index (χ2v) is 9.80. The fourth-order valence-electron chi connectivity index (χ4n) is 3.26. The molecule has 4 rings (SSSR count). The van der Waals surface area contributed by atoms with Crippen molar-refractivity contribution in [3.8, 4) is 11.4 Å². The lowest BCUT2D eigenvalue weighted by Gasteiger charge is -2.28. The third kappa shape index (κ3) is 6.57. The summed E-state index contributed by atoms with van der Waals surface area (Å²) in [6.07, 6.45) is 4.16. The second-order valence-electron chi connectivity index (χ2n) is 9.01. The maximum atomic E-state index is 10.8. The van der Waals surface area contributed by atoms with E-state index in [4.69, 9.17) is 19.9 Å². The van der Waals surface area contributed by atoms with Gasteiger partial charge in [0.25, 0.3) is 0 Å². The van der Waals surface area contributed by atoms with Crippen molar-refractivity contribution >= 4 is 29.8 Å². The number of methoxy groups -OCH3 is 1. The van der Waals surface area contributed by atoms with Gasteiger partial charge in [0.1, 0.15) is 5.01 Å². The van der Waals surface area contributed by atoms with E-state index in [0.717, 1.165) is 60.0 Å². The Labute approximate surface area is 194 Å². The highest BCUT2D eigenvalue weighted by atomic mass is 32.1. The van der Waals surface area contributed by atoms with Crippen LogP contribution in [0.4, 0.5) is 5.69 Å². The predicted molar refractivity (Wildman–Crippen MR) is 128 cm³/mol. The van der Waals surface area contributed by atoms with Crippen LogP contribution >= 0.6 is 11.5 Å². The van der Waals surface area contributed by atoms with E-state index in [1.54, 1.807) is 7.11 Å². The molecule has 2 aliphatic heterocycles. The molecular weight excluding hydrogens is 426 g/mol. The summed E-state index contributed by atoms with van der Waals surface area (Å²) in [4.78, 5) is 17.4.